The van der Waals surface area contributed by atoms with E-state index in [0.717, 1.165) is 40.3 Å². The van der Waals surface area contributed by atoms with E-state index in [9.17, 15) is 4.79 Å². The van der Waals surface area contributed by atoms with Crippen molar-refractivity contribution >= 4 is 33.1 Å². The van der Waals surface area contributed by atoms with E-state index in [2.05, 4.69) is 38.7 Å². The first-order valence-corrected chi connectivity index (χ1v) is 11.9. The molecule has 3 aromatic rings. The number of hydrogen-bond donors (Lipinski definition) is 0. The first-order valence-electron chi connectivity index (χ1n) is 11.1. The summed E-state index contributed by atoms with van der Waals surface area (Å²) in [5, 5.41) is 0. The zero-order valence-corrected chi connectivity index (χ0v) is 20.5. The molecule has 1 atom stereocenters. The van der Waals surface area contributed by atoms with Crippen molar-refractivity contribution in [3.8, 4) is 6.01 Å². The van der Waals surface area contributed by atoms with Crippen LogP contribution in [0.1, 0.15) is 45.6 Å². The number of amides is 1. The Balaban J connectivity index is 1.54. The summed E-state index contributed by atoms with van der Waals surface area (Å²) in [6.45, 7) is 7.42. The van der Waals surface area contributed by atoms with E-state index in [0.29, 0.717) is 25.7 Å². The molecule has 1 aromatic heterocycles. The molecule has 1 aliphatic rings. The number of imidazole rings is 1. The maximum Gasteiger partial charge on any atom is 0.410 e. The molecule has 0 radical (unpaired) electrons. The molecule has 1 amide bonds. The third-order valence-electron chi connectivity index (χ3n) is 5.53. The molecule has 6 nitrogen and oxygen atoms in total. The van der Waals surface area contributed by atoms with E-state index >= 15 is 0 Å². The van der Waals surface area contributed by atoms with Crippen molar-refractivity contribution in [3.63, 3.8) is 0 Å². The Hall–Kier alpha value is -2.54. The second-order valence-electron chi connectivity index (χ2n) is 9.23. The number of carbonyl (C=O) groups is 1. The minimum atomic E-state index is -0.515. The zero-order chi connectivity index (χ0) is 22.7. The highest BCUT2D eigenvalue weighted by Gasteiger charge is 2.31. The second kappa shape index (κ2) is 9.53. The molecular formula is C25H30BrN3O3. The number of ether oxygens (including phenoxy) is 2. The van der Waals surface area contributed by atoms with E-state index < -0.39 is 5.60 Å². The monoisotopic (exact) mass is 499 g/mol. The lowest BCUT2D eigenvalue weighted by molar-refractivity contribution is 0.00290. The average Bonchev–Trinajstić information content (AvgIpc) is 3.10. The number of nitrogens with zero attached hydrogens (tertiary/aromatic N) is 3. The smallest absolute Gasteiger partial charge is 0.410 e. The molecule has 1 aliphatic heterocycles. The number of halogens is 1. The van der Waals surface area contributed by atoms with Crippen LogP contribution in [-0.2, 0) is 11.3 Å². The summed E-state index contributed by atoms with van der Waals surface area (Å²) in [6, 6.07) is 16.8. The van der Waals surface area contributed by atoms with Gasteiger partial charge >= 0.3 is 6.09 Å². The van der Waals surface area contributed by atoms with Gasteiger partial charge in [0.05, 0.1) is 23.6 Å². The van der Waals surface area contributed by atoms with Gasteiger partial charge in [0, 0.05) is 11.0 Å². The fraction of sp³-hybridized carbons (Fsp3) is 0.440. The summed E-state index contributed by atoms with van der Waals surface area (Å²) in [5.74, 6) is 0. The Morgan fingerprint density at radius 1 is 1.12 bits per heavy atom. The molecule has 32 heavy (non-hydrogen) atoms. The van der Waals surface area contributed by atoms with Crippen molar-refractivity contribution < 1.29 is 14.3 Å². The van der Waals surface area contributed by atoms with Crippen LogP contribution in [0.4, 0.5) is 4.79 Å². The molecule has 1 fully saturated rings. The lowest BCUT2D eigenvalue weighted by Gasteiger charge is -2.36. The first-order chi connectivity index (χ1) is 15.3. The third kappa shape index (κ3) is 5.44. The van der Waals surface area contributed by atoms with Crippen LogP contribution in [-0.4, -0.2) is 45.3 Å². The van der Waals surface area contributed by atoms with Crippen LogP contribution >= 0.6 is 15.9 Å². The van der Waals surface area contributed by atoms with Crippen molar-refractivity contribution in [2.75, 3.05) is 13.2 Å². The van der Waals surface area contributed by atoms with Gasteiger partial charge in [-0.2, -0.15) is 4.98 Å². The quantitative estimate of drug-likeness (QED) is 0.430. The number of rotatable bonds is 5. The zero-order valence-electron chi connectivity index (χ0n) is 18.9. The highest BCUT2D eigenvalue weighted by atomic mass is 79.9. The molecule has 0 saturated carbocycles. The van der Waals surface area contributed by atoms with Crippen molar-refractivity contribution in [1.29, 1.82) is 0 Å². The van der Waals surface area contributed by atoms with Crippen LogP contribution < -0.4 is 4.74 Å². The molecule has 0 aliphatic carbocycles. The lowest BCUT2D eigenvalue weighted by Crippen LogP contribution is -2.48. The maximum atomic E-state index is 12.7. The van der Waals surface area contributed by atoms with Gasteiger partial charge in [-0.05, 0) is 69.9 Å². The van der Waals surface area contributed by atoms with E-state index in [1.54, 1.807) is 0 Å². The molecular weight excluding hydrogens is 470 g/mol. The summed E-state index contributed by atoms with van der Waals surface area (Å²) in [6.07, 6.45) is 2.68. The van der Waals surface area contributed by atoms with Crippen molar-refractivity contribution in [2.24, 2.45) is 0 Å². The van der Waals surface area contributed by atoms with Gasteiger partial charge in [-0.1, -0.05) is 40.2 Å². The molecule has 2 aromatic carbocycles. The number of piperidine rings is 1. The van der Waals surface area contributed by atoms with E-state index in [1.807, 2.05) is 56.0 Å². The number of para-hydroxylation sites is 2. The average molecular weight is 500 g/mol. The molecule has 1 unspecified atom stereocenters. The summed E-state index contributed by atoms with van der Waals surface area (Å²) in [5.41, 5.74) is 2.57. The summed E-state index contributed by atoms with van der Waals surface area (Å²) in [4.78, 5) is 19.3. The molecule has 2 heterocycles. The minimum Gasteiger partial charge on any atom is -0.462 e. The topological polar surface area (TPSA) is 56.6 Å². The van der Waals surface area contributed by atoms with Gasteiger partial charge in [0.25, 0.3) is 6.01 Å². The molecule has 7 heteroatoms. The van der Waals surface area contributed by atoms with Gasteiger partial charge in [-0.15, -0.1) is 0 Å². The highest BCUT2D eigenvalue weighted by molar-refractivity contribution is 9.10. The van der Waals surface area contributed by atoms with Gasteiger partial charge in [0.2, 0.25) is 0 Å². The van der Waals surface area contributed by atoms with E-state index in [1.165, 1.54) is 0 Å². The number of hydrogen-bond acceptors (Lipinski definition) is 4. The van der Waals surface area contributed by atoms with Crippen molar-refractivity contribution in [1.82, 2.24) is 14.5 Å². The Morgan fingerprint density at radius 3 is 2.62 bits per heavy atom. The number of aromatic nitrogens is 2. The predicted octanol–water partition coefficient (Wildman–Crippen LogP) is 6.02. The fourth-order valence-corrected chi connectivity index (χ4v) is 4.26. The first kappa shape index (κ1) is 22.6. The Labute approximate surface area is 197 Å². The van der Waals surface area contributed by atoms with Gasteiger partial charge < -0.3 is 14.4 Å². The van der Waals surface area contributed by atoms with Gasteiger partial charge in [-0.25, -0.2) is 4.79 Å². The third-order valence-corrected chi connectivity index (χ3v) is 6.06. The molecule has 0 spiro atoms. The Morgan fingerprint density at radius 2 is 1.88 bits per heavy atom. The number of benzene rings is 2. The largest absolute Gasteiger partial charge is 0.462 e. The van der Waals surface area contributed by atoms with Crippen LogP contribution in [0.25, 0.3) is 11.0 Å². The predicted molar refractivity (Wildman–Crippen MR) is 129 cm³/mol. The Kier molecular flexibility index (Phi) is 6.74. The van der Waals surface area contributed by atoms with Gasteiger partial charge in [0.1, 0.15) is 12.2 Å². The highest BCUT2D eigenvalue weighted by Crippen LogP contribution is 2.26. The van der Waals surface area contributed by atoms with E-state index in [4.69, 9.17) is 14.5 Å². The van der Waals surface area contributed by atoms with Crippen LogP contribution in [0, 0.1) is 0 Å². The van der Waals surface area contributed by atoms with Crippen LogP contribution in [0.3, 0.4) is 0 Å². The molecule has 0 bridgehead atoms. The molecule has 4 rings (SSSR count). The van der Waals surface area contributed by atoms with Gasteiger partial charge in [0.15, 0.2) is 0 Å². The van der Waals surface area contributed by atoms with Crippen molar-refractivity contribution in [3.05, 3.63) is 58.6 Å². The van der Waals surface area contributed by atoms with Crippen LogP contribution in [0.5, 0.6) is 6.01 Å². The number of likely N-dealkylation sites (tertiary alicyclic amines) is 1. The number of fused-ring (bicyclic) bond motifs is 1. The second-order valence-corrected chi connectivity index (χ2v) is 10.1. The maximum absolute atomic E-state index is 12.7. The summed E-state index contributed by atoms with van der Waals surface area (Å²) < 4.78 is 15.0. The SMILES string of the molecule is CC(C)(C)OC(=O)N1CCCCC1COc1nc2ccccc2n1Cc1ccc(Br)cc1. The standard InChI is InChI=1S/C25H30BrN3O3/c1-25(2,3)32-24(30)28-15-7-6-8-20(28)17-31-23-27-21-9-4-5-10-22(21)29(23)16-18-11-13-19(26)14-12-18/h4-5,9-14,20H,6-8,15-17H2,1-3H3. The van der Waals surface area contributed by atoms with Crippen LogP contribution in [0.2, 0.25) is 0 Å². The van der Waals surface area contributed by atoms with Crippen molar-refractivity contribution in [2.45, 2.75) is 58.2 Å². The summed E-state index contributed by atoms with van der Waals surface area (Å²) >= 11 is 3.50. The molecule has 0 N–H and O–H groups in total. The van der Waals surface area contributed by atoms with E-state index in [-0.39, 0.29) is 12.1 Å². The minimum absolute atomic E-state index is 0.0282. The van der Waals surface area contributed by atoms with Gasteiger partial charge in [-0.3, -0.25) is 4.57 Å². The fourth-order valence-electron chi connectivity index (χ4n) is 3.99. The summed E-state index contributed by atoms with van der Waals surface area (Å²) in [7, 11) is 0. The molecule has 170 valence electrons. The number of carbonyl (C=O) groups excluding carboxylic acids is 1. The Bertz CT molecular complexity index is 1070. The lowest BCUT2D eigenvalue weighted by atomic mass is 10.0. The normalized spacial score (nSPS) is 16.9. The molecule has 1 saturated heterocycles. The van der Waals surface area contributed by atoms with Crippen LogP contribution in [0.15, 0.2) is 53.0 Å².